The van der Waals surface area contributed by atoms with Crippen LogP contribution in [0.15, 0.2) is 24.3 Å². The van der Waals surface area contributed by atoms with Crippen molar-refractivity contribution >= 4 is 5.91 Å². The number of amides is 1. The fraction of sp³-hybridized carbons (Fsp3) is 0.400. The molecular weight excluding hydrogens is 268 g/mol. The van der Waals surface area contributed by atoms with Gasteiger partial charge in [-0.05, 0) is 37.3 Å². The smallest absolute Gasteiger partial charge is 0.273 e. The lowest BCUT2D eigenvalue weighted by Crippen LogP contribution is -2.31. The first kappa shape index (κ1) is 13.6. The Bertz CT molecular complexity index is 638. The Kier molecular flexibility index (Phi) is 3.85. The van der Waals surface area contributed by atoms with Crippen LogP contribution in [-0.4, -0.2) is 34.5 Å². The van der Waals surface area contributed by atoms with E-state index in [1.54, 1.807) is 6.92 Å². The molecule has 2 N–H and O–H groups in total. The number of carbonyl (C=O) groups excluding carboxylic acids is 1. The number of H-pyrrole nitrogens is 1. The fourth-order valence-corrected chi connectivity index (χ4v) is 2.56. The molecule has 0 spiro atoms. The van der Waals surface area contributed by atoms with Gasteiger partial charge >= 0.3 is 0 Å². The van der Waals surface area contributed by atoms with Gasteiger partial charge in [0, 0.05) is 6.54 Å². The van der Waals surface area contributed by atoms with E-state index >= 15 is 0 Å². The summed E-state index contributed by atoms with van der Waals surface area (Å²) in [5, 5.41) is 13.1. The summed E-state index contributed by atoms with van der Waals surface area (Å²) < 4.78 is 5.74. The Morgan fingerprint density at radius 2 is 2.29 bits per heavy atom. The molecule has 1 aliphatic heterocycles. The molecule has 1 atom stereocenters. The molecular formula is C15H18N4O2. The second-order valence-corrected chi connectivity index (χ2v) is 5.28. The number of nitrogens with one attached hydrogen (secondary N) is 2. The summed E-state index contributed by atoms with van der Waals surface area (Å²) >= 11 is 0. The molecule has 6 nitrogen and oxygen atoms in total. The van der Waals surface area contributed by atoms with Crippen LogP contribution in [0.5, 0.6) is 5.75 Å². The van der Waals surface area contributed by atoms with E-state index in [2.05, 4.69) is 26.8 Å². The third-order valence-electron chi connectivity index (χ3n) is 3.75. The third kappa shape index (κ3) is 3.04. The molecule has 1 unspecified atom stereocenters. The van der Waals surface area contributed by atoms with Crippen LogP contribution in [-0.2, 0) is 6.42 Å². The van der Waals surface area contributed by atoms with Gasteiger partial charge < -0.3 is 10.1 Å². The van der Waals surface area contributed by atoms with Crippen molar-refractivity contribution in [2.45, 2.75) is 19.8 Å². The predicted octanol–water partition coefficient (Wildman–Crippen LogP) is 1.48. The van der Waals surface area contributed by atoms with Crippen LogP contribution < -0.4 is 10.1 Å². The Morgan fingerprint density at radius 1 is 1.43 bits per heavy atom. The number of fused-ring (bicyclic) bond motifs is 1. The standard InChI is InChI=1S/C15H18N4O2/c1-10-14(18-19-17-10)15(20)16-9-11-6-7-21-13-5-3-2-4-12(13)8-11/h2-5,11H,6-9H2,1H3,(H,16,20)(H,17,18,19). The van der Waals surface area contributed by atoms with Crippen molar-refractivity contribution in [2.24, 2.45) is 5.92 Å². The minimum atomic E-state index is -0.181. The molecule has 1 aromatic carbocycles. The quantitative estimate of drug-likeness (QED) is 0.895. The summed E-state index contributed by atoms with van der Waals surface area (Å²) in [5.41, 5.74) is 2.18. The van der Waals surface area contributed by atoms with E-state index in [0.717, 1.165) is 18.6 Å². The van der Waals surface area contributed by atoms with Crippen molar-refractivity contribution < 1.29 is 9.53 Å². The van der Waals surface area contributed by atoms with E-state index in [-0.39, 0.29) is 5.91 Å². The number of carbonyl (C=O) groups is 1. The molecule has 0 saturated carbocycles. The van der Waals surface area contributed by atoms with Gasteiger partial charge in [-0.25, -0.2) is 0 Å². The molecule has 6 heteroatoms. The maximum atomic E-state index is 12.0. The number of aromatic amines is 1. The first-order valence-corrected chi connectivity index (χ1v) is 7.10. The number of nitrogens with zero attached hydrogens (tertiary/aromatic N) is 2. The number of benzene rings is 1. The number of aryl methyl sites for hydroxylation is 1. The fourth-order valence-electron chi connectivity index (χ4n) is 2.56. The van der Waals surface area contributed by atoms with Crippen LogP contribution >= 0.6 is 0 Å². The second-order valence-electron chi connectivity index (χ2n) is 5.28. The molecule has 1 aromatic heterocycles. The Labute approximate surface area is 122 Å². The molecule has 0 fully saturated rings. The van der Waals surface area contributed by atoms with Crippen molar-refractivity contribution in [3.63, 3.8) is 0 Å². The summed E-state index contributed by atoms with van der Waals surface area (Å²) in [7, 11) is 0. The minimum Gasteiger partial charge on any atom is -0.493 e. The van der Waals surface area contributed by atoms with Gasteiger partial charge in [-0.15, -0.1) is 0 Å². The summed E-state index contributed by atoms with van der Waals surface area (Å²) in [4.78, 5) is 12.0. The highest BCUT2D eigenvalue weighted by atomic mass is 16.5. The zero-order valence-electron chi connectivity index (χ0n) is 11.9. The molecule has 2 heterocycles. The first-order chi connectivity index (χ1) is 10.2. The van der Waals surface area contributed by atoms with Crippen molar-refractivity contribution in [1.82, 2.24) is 20.7 Å². The summed E-state index contributed by atoms with van der Waals surface area (Å²) in [6.07, 6.45) is 1.83. The van der Waals surface area contributed by atoms with Gasteiger partial charge in [0.2, 0.25) is 0 Å². The molecule has 0 radical (unpaired) electrons. The molecule has 0 aliphatic carbocycles. The van der Waals surface area contributed by atoms with Crippen LogP contribution in [0.1, 0.15) is 28.2 Å². The lowest BCUT2D eigenvalue weighted by Gasteiger charge is -2.14. The second kappa shape index (κ2) is 5.95. The lowest BCUT2D eigenvalue weighted by molar-refractivity contribution is 0.0939. The average Bonchev–Trinajstić information content (AvgIpc) is 2.81. The van der Waals surface area contributed by atoms with Crippen LogP contribution in [0.4, 0.5) is 0 Å². The van der Waals surface area contributed by atoms with Crippen molar-refractivity contribution in [3.8, 4) is 5.75 Å². The van der Waals surface area contributed by atoms with Crippen molar-refractivity contribution in [3.05, 3.63) is 41.2 Å². The zero-order valence-corrected chi connectivity index (χ0v) is 11.9. The molecule has 0 bridgehead atoms. The molecule has 21 heavy (non-hydrogen) atoms. The van der Waals surface area contributed by atoms with E-state index < -0.39 is 0 Å². The van der Waals surface area contributed by atoms with Gasteiger partial charge in [0.15, 0.2) is 5.69 Å². The number of hydrogen-bond donors (Lipinski definition) is 2. The summed E-state index contributed by atoms with van der Waals surface area (Å²) in [5.74, 6) is 1.14. The summed E-state index contributed by atoms with van der Waals surface area (Å²) in [6.45, 7) is 3.05. The van der Waals surface area contributed by atoms with Gasteiger partial charge in [0.1, 0.15) is 5.75 Å². The largest absolute Gasteiger partial charge is 0.493 e. The Balaban J connectivity index is 1.61. The molecule has 0 saturated heterocycles. The monoisotopic (exact) mass is 286 g/mol. The van der Waals surface area contributed by atoms with E-state index in [4.69, 9.17) is 4.74 Å². The molecule has 1 amide bonds. The van der Waals surface area contributed by atoms with Crippen LogP contribution in [0.2, 0.25) is 0 Å². The van der Waals surface area contributed by atoms with E-state index in [9.17, 15) is 4.79 Å². The number of ether oxygens (including phenoxy) is 1. The maximum absolute atomic E-state index is 12.0. The highest BCUT2D eigenvalue weighted by Crippen LogP contribution is 2.26. The van der Waals surface area contributed by atoms with Gasteiger partial charge in [0.25, 0.3) is 5.91 Å². The number of hydrogen-bond acceptors (Lipinski definition) is 4. The highest BCUT2D eigenvalue weighted by Gasteiger charge is 2.19. The van der Waals surface area contributed by atoms with Gasteiger partial charge in [-0.3, -0.25) is 4.79 Å². The normalized spacial score (nSPS) is 17.5. The zero-order chi connectivity index (χ0) is 14.7. The molecule has 110 valence electrons. The van der Waals surface area contributed by atoms with Crippen LogP contribution in [0, 0.1) is 12.8 Å². The first-order valence-electron chi connectivity index (χ1n) is 7.10. The van der Waals surface area contributed by atoms with Gasteiger partial charge in [0.05, 0.1) is 12.3 Å². The number of aromatic nitrogens is 3. The van der Waals surface area contributed by atoms with E-state index in [1.807, 2.05) is 18.2 Å². The highest BCUT2D eigenvalue weighted by molar-refractivity contribution is 5.93. The number of rotatable bonds is 3. The Morgan fingerprint density at radius 3 is 3.10 bits per heavy atom. The van der Waals surface area contributed by atoms with E-state index in [1.165, 1.54) is 5.56 Å². The molecule has 1 aliphatic rings. The lowest BCUT2D eigenvalue weighted by atomic mass is 9.97. The molecule has 2 aromatic rings. The van der Waals surface area contributed by atoms with Crippen molar-refractivity contribution in [1.29, 1.82) is 0 Å². The maximum Gasteiger partial charge on any atom is 0.273 e. The third-order valence-corrected chi connectivity index (χ3v) is 3.75. The van der Waals surface area contributed by atoms with E-state index in [0.29, 0.717) is 30.5 Å². The topological polar surface area (TPSA) is 79.9 Å². The van der Waals surface area contributed by atoms with Gasteiger partial charge in [-0.2, -0.15) is 15.4 Å². The predicted molar refractivity (Wildman–Crippen MR) is 77.2 cm³/mol. The Hall–Kier alpha value is -2.37. The van der Waals surface area contributed by atoms with Crippen LogP contribution in [0.3, 0.4) is 0 Å². The SMILES string of the molecule is Cc1n[nH]nc1C(=O)NCC1CCOc2ccccc2C1. The molecule has 3 rings (SSSR count). The number of para-hydroxylation sites is 1. The van der Waals surface area contributed by atoms with Gasteiger partial charge in [-0.1, -0.05) is 18.2 Å². The van der Waals surface area contributed by atoms with Crippen LogP contribution in [0.25, 0.3) is 0 Å². The minimum absolute atomic E-state index is 0.181. The average molecular weight is 286 g/mol. The van der Waals surface area contributed by atoms with Crippen molar-refractivity contribution in [2.75, 3.05) is 13.2 Å². The summed E-state index contributed by atoms with van der Waals surface area (Å²) in [6, 6.07) is 8.07.